The summed E-state index contributed by atoms with van der Waals surface area (Å²) < 4.78 is 7.85. The summed E-state index contributed by atoms with van der Waals surface area (Å²) in [6, 6.07) is 15.6. The number of ether oxygens (including phenoxy) is 1. The minimum absolute atomic E-state index is 0.290. The summed E-state index contributed by atoms with van der Waals surface area (Å²) in [6.45, 7) is 2.15. The van der Waals surface area contributed by atoms with E-state index >= 15 is 0 Å². The Morgan fingerprint density at radius 2 is 1.96 bits per heavy atom. The van der Waals surface area contributed by atoms with Gasteiger partial charge in [-0.3, -0.25) is 0 Å². The van der Waals surface area contributed by atoms with Crippen LogP contribution in [0.5, 0.6) is 0 Å². The van der Waals surface area contributed by atoms with E-state index in [1.54, 1.807) is 12.1 Å². The van der Waals surface area contributed by atoms with Gasteiger partial charge in [-0.1, -0.05) is 25.1 Å². The van der Waals surface area contributed by atoms with Gasteiger partial charge in [-0.15, -0.1) is 0 Å². The quantitative estimate of drug-likeness (QED) is 0.644. The van der Waals surface area contributed by atoms with E-state index in [0.29, 0.717) is 11.3 Å². The van der Waals surface area contributed by atoms with Crippen LogP contribution >= 0.6 is 0 Å². The van der Waals surface area contributed by atoms with Crippen molar-refractivity contribution in [2.75, 3.05) is 0 Å². The van der Waals surface area contributed by atoms with Crippen molar-refractivity contribution >= 4 is 22.6 Å². The van der Waals surface area contributed by atoms with Crippen molar-refractivity contribution in [2.45, 2.75) is 19.3 Å². The van der Waals surface area contributed by atoms with Gasteiger partial charge >= 0.3 is 5.97 Å². The van der Waals surface area contributed by atoms with Gasteiger partial charge in [0.15, 0.2) is 0 Å². The van der Waals surface area contributed by atoms with Gasteiger partial charge in [-0.25, -0.2) is 4.79 Å². The second kappa shape index (κ2) is 5.68. The molecule has 0 saturated carbocycles. The lowest BCUT2D eigenvalue weighted by atomic mass is 9.97. The van der Waals surface area contributed by atoms with Gasteiger partial charge in [-0.2, -0.15) is 0 Å². The fourth-order valence-corrected chi connectivity index (χ4v) is 3.37. The van der Waals surface area contributed by atoms with Crippen LogP contribution in [0.25, 0.3) is 16.7 Å². The zero-order valence-electron chi connectivity index (χ0n) is 13.8. The highest BCUT2D eigenvalue weighted by Gasteiger charge is 2.26. The average molecular weight is 317 g/mol. The molecule has 1 aliphatic rings. The van der Waals surface area contributed by atoms with Crippen LogP contribution in [-0.2, 0) is 11.8 Å². The fourth-order valence-electron chi connectivity index (χ4n) is 3.37. The van der Waals surface area contributed by atoms with Crippen LogP contribution in [-0.4, -0.2) is 10.5 Å². The van der Waals surface area contributed by atoms with Gasteiger partial charge in [0.2, 0.25) is 0 Å². The first kappa shape index (κ1) is 14.8. The van der Waals surface area contributed by atoms with Crippen LogP contribution in [0.15, 0.2) is 60.8 Å². The maximum absolute atomic E-state index is 12.4. The first-order chi connectivity index (χ1) is 11.7. The number of benzene rings is 2. The third-order valence-corrected chi connectivity index (χ3v) is 4.73. The molecule has 3 aromatic rings. The predicted octanol–water partition coefficient (Wildman–Crippen LogP) is 4.88. The number of aromatic nitrogens is 1. The van der Waals surface area contributed by atoms with Crippen LogP contribution in [0.1, 0.15) is 40.7 Å². The number of esters is 1. The molecular weight excluding hydrogens is 298 g/mol. The average Bonchev–Trinajstić information content (AvgIpc) is 3.15. The van der Waals surface area contributed by atoms with Crippen molar-refractivity contribution in [1.29, 1.82) is 0 Å². The Morgan fingerprint density at radius 3 is 2.71 bits per heavy atom. The fraction of sp³-hybridized carbons (Fsp3) is 0.190. The third kappa shape index (κ3) is 2.33. The molecule has 1 aliphatic carbocycles. The number of carbonyl (C=O) groups excluding carboxylic acids is 1. The maximum atomic E-state index is 12.4. The van der Waals surface area contributed by atoms with Gasteiger partial charge in [0.25, 0.3) is 0 Å². The standard InChI is InChI=1S/C21H19NO2/c1-3-14-12-20(24-21(23)15-7-5-4-6-8-15)18-11-16-9-10-22(2)19(16)13-17(14)18/h4-14H,3H2,1-2H3. The number of aryl methyl sites for hydroxylation is 1. The molecule has 0 radical (unpaired) electrons. The third-order valence-electron chi connectivity index (χ3n) is 4.73. The van der Waals surface area contributed by atoms with Crippen molar-refractivity contribution in [3.63, 3.8) is 0 Å². The topological polar surface area (TPSA) is 31.2 Å². The predicted molar refractivity (Wildman–Crippen MR) is 95.8 cm³/mol. The number of carbonyl (C=O) groups is 1. The molecule has 2 aromatic carbocycles. The summed E-state index contributed by atoms with van der Waals surface area (Å²) in [4.78, 5) is 12.4. The largest absolute Gasteiger partial charge is 0.423 e. The van der Waals surface area contributed by atoms with E-state index in [0.717, 1.165) is 17.4 Å². The Balaban J connectivity index is 1.73. The molecule has 1 aromatic heterocycles. The van der Waals surface area contributed by atoms with Crippen molar-refractivity contribution in [3.05, 3.63) is 77.5 Å². The molecular formula is C21H19NO2. The highest BCUT2D eigenvalue weighted by Crippen LogP contribution is 2.40. The molecule has 1 unspecified atom stereocenters. The van der Waals surface area contributed by atoms with Crippen LogP contribution in [0, 0.1) is 0 Å². The molecule has 0 fully saturated rings. The lowest BCUT2D eigenvalue weighted by Gasteiger charge is -2.10. The van der Waals surface area contributed by atoms with E-state index in [2.05, 4.69) is 42.0 Å². The normalized spacial score (nSPS) is 16.1. The molecule has 0 N–H and O–H groups in total. The van der Waals surface area contributed by atoms with Gasteiger partial charge < -0.3 is 9.30 Å². The summed E-state index contributed by atoms with van der Waals surface area (Å²) in [7, 11) is 2.05. The van der Waals surface area contributed by atoms with E-state index < -0.39 is 0 Å². The Bertz CT molecular complexity index is 951. The molecule has 0 aliphatic heterocycles. The SMILES string of the molecule is CCC1C=C(OC(=O)c2ccccc2)c2cc3ccn(C)c3cc21. The van der Waals surface area contributed by atoms with E-state index in [-0.39, 0.29) is 11.9 Å². The molecule has 0 amide bonds. The number of hydrogen-bond donors (Lipinski definition) is 0. The highest BCUT2D eigenvalue weighted by atomic mass is 16.5. The molecule has 0 bridgehead atoms. The maximum Gasteiger partial charge on any atom is 0.343 e. The molecule has 3 nitrogen and oxygen atoms in total. The molecule has 120 valence electrons. The Morgan fingerprint density at radius 1 is 1.17 bits per heavy atom. The smallest absolute Gasteiger partial charge is 0.343 e. The lowest BCUT2D eigenvalue weighted by Crippen LogP contribution is -2.03. The monoisotopic (exact) mass is 317 g/mol. The molecule has 0 spiro atoms. The second-order valence-electron chi connectivity index (χ2n) is 6.23. The molecule has 0 saturated heterocycles. The van der Waals surface area contributed by atoms with Crippen LogP contribution < -0.4 is 0 Å². The van der Waals surface area contributed by atoms with Gasteiger partial charge in [0, 0.05) is 35.6 Å². The molecule has 3 heteroatoms. The van der Waals surface area contributed by atoms with Crippen molar-refractivity contribution in [2.24, 2.45) is 7.05 Å². The van der Waals surface area contributed by atoms with Crippen molar-refractivity contribution in [1.82, 2.24) is 4.57 Å². The van der Waals surface area contributed by atoms with E-state index in [4.69, 9.17) is 4.74 Å². The van der Waals surface area contributed by atoms with Gasteiger partial charge in [0.1, 0.15) is 5.76 Å². The minimum Gasteiger partial charge on any atom is -0.423 e. The molecule has 1 atom stereocenters. The van der Waals surface area contributed by atoms with Crippen LogP contribution in [0.2, 0.25) is 0 Å². The summed E-state index contributed by atoms with van der Waals surface area (Å²) in [5, 5.41) is 1.16. The van der Waals surface area contributed by atoms with Crippen LogP contribution in [0.3, 0.4) is 0 Å². The zero-order chi connectivity index (χ0) is 16.7. The zero-order valence-corrected chi connectivity index (χ0v) is 13.8. The Hall–Kier alpha value is -2.81. The second-order valence-corrected chi connectivity index (χ2v) is 6.23. The number of allylic oxidation sites excluding steroid dienone is 1. The number of nitrogens with zero attached hydrogens (tertiary/aromatic N) is 1. The van der Waals surface area contributed by atoms with E-state index in [9.17, 15) is 4.79 Å². The summed E-state index contributed by atoms with van der Waals surface area (Å²) in [5.74, 6) is 0.659. The lowest BCUT2D eigenvalue weighted by molar-refractivity contribution is 0.0692. The number of hydrogen-bond acceptors (Lipinski definition) is 2. The van der Waals surface area contributed by atoms with Crippen molar-refractivity contribution in [3.8, 4) is 0 Å². The van der Waals surface area contributed by atoms with Gasteiger partial charge in [0.05, 0.1) is 5.56 Å². The summed E-state index contributed by atoms with van der Waals surface area (Å²) in [6.07, 6.45) is 5.11. The van der Waals surface area contributed by atoms with Crippen LogP contribution in [0.4, 0.5) is 0 Å². The molecule has 1 heterocycles. The first-order valence-corrected chi connectivity index (χ1v) is 8.25. The first-order valence-electron chi connectivity index (χ1n) is 8.25. The highest BCUT2D eigenvalue weighted by molar-refractivity contribution is 5.95. The van der Waals surface area contributed by atoms with Gasteiger partial charge in [-0.05, 0) is 48.4 Å². The molecule has 24 heavy (non-hydrogen) atoms. The summed E-state index contributed by atoms with van der Waals surface area (Å²) in [5.41, 5.74) is 4.05. The van der Waals surface area contributed by atoms with Crippen molar-refractivity contribution < 1.29 is 9.53 Å². The van der Waals surface area contributed by atoms with E-state index in [1.807, 2.05) is 25.2 Å². The number of rotatable bonds is 3. The Kier molecular flexibility index (Phi) is 3.49. The Labute approximate surface area is 141 Å². The number of fused-ring (bicyclic) bond motifs is 2. The summed E-state index contributed by atoms with van der Waals surface area (Å²) >= 11 is 0. The molecule has 4 rings (SSSR count). The minimum atomic E-state index is -0.308. The van der Waals surface area contributed by atoms with E-state index in [1.165, 1.54) is 11.1 Å².